The summed E-state index contributed by atoms with van der Waals surface area (Å²) in [6.07, 6.45) is 0.727. The van der Waals surface area contributed by atoms with Crippen molar-refractivity contribution in [2.24, 2.45) is 5.41 Å². The van der Waals surface area contributed by atoms with Gasteiger partial charge in [0.25, 0.3) is 0 Å². The minimum Gasteiger partial charge on any atom is -0.358 e. The predicted octanol–water partition coefficient (Wildman–Crippen LogP) is 1.90. The van der Waals surface area contributed by atoms with Gasteiger partial charge in [-0.25, -0.2) is 0 Å². The number of carbonyl (C=O) groups excluding carboxylic acids is 1. The summed E-state index contributed by atoms with van der Waals surface area (Å²) in [6, 6.07) is 0. The first-order chi connectivity index (χ1) is 6.69. The Bertz CT molecular complexity index is 181. The van der Waals surface area contributed by atoms with Crippen molar-refractivity contribution < 1.29 is 4.79 Å². The highest BCUT2D eigenvalue weighted by atomic mass is 16.1. The van der Waals surface area contributed by atoms with Gasteiger partial charge in [0.05, 0.1) is 0 Å². The molecule has 0 aliphatic rings. The van der Waals surface area contributed by atoms with Crippen LogP contribution in [0.3, 0.4) is 0 Å². The van der Waals surface area contributed by atoms with Crippen LogP contribution in [0.25, 0.3) is 0 Å². The molecule has 1 N–H and O–H groups in total. The van der Waals surface area contributed by atoms with Crippen LogP contribution in [0.2, 0.25) is 0 Å². The maximum absolute atomic E-state index is 9.74. The van der Waals surface area contributed by atoms with E-state index in [1.54, 1.807) is 0 Å². The number of carbonyl (C=O) groups is 1. The van der Waals surface area contributed by atoms with Crippen molar-refractivity contribution in [2.75, 3.05) is 27.2 Å². The molecule has 15 heavy (non-hydrogen) atoms. The molecular formula is C12H26N2O. The largest absolute Gasteiger partial charge is 0.358 e. The highest BCUT2D eigenvalue weighted by Gasteiger charge is 2.07. The van der Waals surface area contributed by atoms with E-state index in [0.29, 0.717) is 0 Å². The highest BCUT2D eigenvalue weighted by molar-refractivity contribution is 5.45. The number of hydrogen-bond donors (Lipinski definition) is 1. The number of hydrogen-bond acceptors (Lipinski definition) is 2. The third-order valence-electron chi connectivity index (χ3n) is 1.30. The fourth-order valence-corrected chi connectivity index (χ4v) is 0.888. The van der Waals surface area contributed by atoms with Crippen LogP contribution in [-0.2, 0) is 4.79 Å². The summed E-state index contributed by atoms with van der Waals surface area (Å²) in [5.74, 6) is 0. The zero-order valence-corrected chi connectivity index (χ0v) is 11.1. The molecule has 0 saturated carbocycles. The van der Waals surface area contributed by atoms with Crippen LogP contribution in [0.4, 0.5) is 0 Å². The standard InChI is InChI=1S/C6H13NO.C6H13N/c1-6(2,3)4-7-5-8;1-6(2)5-7(3)4/h5H,4H2,1-3H3,(H,7,8);1,5H2,2-4H3. The van der Waals surface area contributed by atoms with Gasteiger partial charge in [0.15, 0.2) is 0 Å². The van der Waals surface area contributed by atoms with E-state index in [1.807, 2.05) is 21.0 Å². The Morgan fingerprint density at radius 1 is 1.40 bits per heavy atom. The smallest absolute Gasteiger partial charge is 0.207 e. The third kappa shape index (κ3) is 24.6. The lowest BCUT2D eigenvalue weighted by Crippen LogP contribution is -2.25. The van der Waals surface area contributed by atoms with Gasteiger partial charge in [-0.2, -0.15) is 0 Å². The summed E-state index contributed by atoms with van der Waals surface area (Å²) in [5, 5.41) is 2.61. The Labute approximate surface area is 94.5 Å². The summed E-state index contributed by atoms with van der Waals surface area (Å²) in [4.78, 5) is 11.8. The molecule has 90 valence electrons. The molecule has 0 rings (SSSR count). The Morgan fingerprint density at radius 2 is 1.87 bits per heavy atom. The van der Waals surface area contributed by atoms with Crippen LogP contribution in [0.15, 0.2) is 12.2 Å². The first kappa shape index (κ1) is 16.6. The number of nitrogens with zero attached hydrogens (tertiary/aromatic N) is 1. The fraction of sp³-hybridized carbons (Fsp3) is 0.750. The van der Waals surface area contributed by atoms with E-state index in [-0.39, 0.29) is 5.41 Å². The first-order valence-electron chi connectivity index (χ1n) is 5.15. The van der Waals surface area contributed by atoms with E-state index in [0.717, 1.165) is 19.5 Å². The molecule has 0 spiro atoms. The van der Waals surface area contributed by atoms with Crippen LogP contribution < -0.4 is 5.32 Å². The molecule has 0 aromatic heterocycles. The zero-order chi connectivity index (χ0) is 12.5. The quantitative estimate of drug-likeness (QED) is 0.572. The molecule has 0 fully saturated rings. The van der Waals surface area contributed by atoms with Gasteiger partial charge in [-0.05, 0) is 26.4 Å². The second-order valence-corrected chi connectivity index (χ2v) is 5.25. The van der Waals surface area contributed by atoms with E-state index < -0.39 is 0 Å². The summed E-state index contributed by atoms with van der Waals surface area (Å²) < 4.78 is 0. The second kappa shape index (κ2) is 8.48. The summed E-state index contributed by atoms with van der Waals surface area (Å²) >= 11 is 0. The lowest BCUT2D eigenvalue weighted by Gasteiger charge is -2.15. The van der Waals surface area contributed by atoms with Gasteiger partial charge in [-0.3, -0.25) is 4.79 Å². The van der Waals surface area contributed by atoms with E-state index in [4.69, 9.17) is 0 Å². The molecule has 0 aliphatic heterocycles. The van der Waals surface area contributed by atoms with Crippen LogP contribution in [0.1, 0.15) is 27.7 Å². The topological polar surface area (TPSA) is 32.3 Å². The van der Waals surface area contributed by atoms with Gasteiger partial charge in [0, 0.05) is 13.1 Å². The first-order valence-corrected chi connectivity index (χ1v) is 5.15. The van der Waals surface area contributed by atoms with Crippen LogP contribution in [-0.4, -0.2) is 38.5 Å². The molecule has 0 saturated heterocycles. The van der Waals surface area contributed by atoms with E-state index in [1.165, 1.54) is 5.57 Å². The van der Waals surface area contributed by atoms with E-state index >= 15 is 0 Å². The highest BCUT2D eigenvalue weighted by Crippen LogP contribution is 2.09. The van der Waals surface area contributed by atoms with Crippen molar-refractivity contribution >= 4 is 6.41 Å². The van der Waals surface area contributed by atoms with Crippen molar-refractivity contribution in [2.45, 2.75) is 27.7 Å². The number of rotatable bonds is 4. The lowest BCUT2D eigenvalue weighted by atomic mass is 9.97. The molecule has 0 bridgehead atoms. The minimum atomic E-state index is 0.209. The molecule has 1 amide bonds. The minimum absolute atomic E-state index is 0.209. The van der Waals surface area contributed by atoms with Gasteiger partial charge >= 0.3 is 0 Å². The van der Waals surface area contributed by atoms with Gasteiger partial charge < -0.3 is 10.2 Å². The monoisotopic (exact) mass is 214 g/mol. The van der Waals surface area contributed by atoms with Gasteiger partial charge in [0.2, 0.25) is 6.41 Å². The molecule has 0 atom stereocenters. The normalized spacial score (nSPS) is 10.3. The van der Waals surface area contributed by atoms with E-state index in [9.17, 15) is 4.79 Å². The Hall–Kier alpha value is -0.830. The molecule has 3 nitrogen and oxygen atoms in total. The molecule has 0 aliphatic carbocycles. The average molecular weight is 214 g/mol. The summed E-state index contributed by atoms with van der Waals surface area (Å²) in [5.41, 5.74) is 1.42. The van der Waals surface area contributed by atoms with Crippen molar-refractivity contribution in [1.29, 1.82) is 0 Å². The van der Waals surface area contributed by atoms with Crippen LogP contribution >= 0.6 is 0 Å². The van der Waals surface area contributed by atoms with Gasteiger partial charge in [-0.1, -0.05) is 32.9 Å². The van der Waals surface area contributed by atoms with Crippen molar-refractivity contribution in [3.8, 4) is 0 Å². The Morgan fingerprint density at radius 3 is 1.93 bits per heavy atom. The average Bonchev–Trinajstić information content (AvgIpc) is 1.97. The summed E-state index contributed by atoms with van der Waals surface area (Å²) in [6.45, 7) is 13.7. The SMILES string of the molecule is C=C(C)CN(C)C.CC(C)(C)CNC=O. The van der Waals surface area contributed by atoms with Crippen LogP contribution in [0, 0.1) is 5.41 Å². The Balaban J connectivity index is 0. The molecule has 0 radical (unpaired) electrons. The molecule has 3 heteroatoms. The number of nitrogens with one attached hydrogen (secondary N) is 1. The van der Waals surface area contributed by atoms with Crippen molar-refractivity contribution in [3.05, 3.63) is 12.2 Å². The van der Waals surface area contributed by atoms with Gasteiger partial charge in [0.1, 0.15) is 0 Å². The molecule has 0 unspecified atom stereocenters. The number of amides is 1. The summed E-state index contributed by atoms with van der Waals surface area (Å²) in [7, 11) is 4.07. The predicted molar refractivity (Wildman–Crippen MR) is 66.9 cm³/mol. The maximum atomic E-state index is 9.74. The fourth-order valence-electron chi connectivity index (χ4n) is 0.888. The van der Waals surface area contributed by atoms with Crippen molar-refractivity contribution in [1.82, 2.24) is 10.2 Å². The zero-order valence-electron chi connectivity index (χ0n) is 11.1. The molecule has 0 heterocycles. The molecular weight excluding hydrogens is 188 g/mol. The third-order valence-corrected chi connectivity index (χ3v) is 1.30. The number of likely N-dealkylation sites (N-methyl/N-ethyl adjacent to an activating group) is 1. The van der Waals surface area contributed by atoms with E-state index in [2.05, 4.69) is 37.6 Å². The Kier molecular flexibility index (Phi) is 9.38. The van der Waals surface area contributed by atoms with Crippen LogP contribution in [0.5, 0.6) is 0 Å². The molecule has 0 aromatic carbocycles. The lowest BCUT2D eigenvalue weighted by molar-refractivity contribution is -0.109. The van der Waals surface area contributed by atoms with Crippen molar-refractivity contribution in [3.63, 3.8) is 0 Å². The maximum Gasteiger partial charge on any atom is 0.207 e. The molecule has 0 aromatic rings. The van der Waals surface area contributed by atoms with Gasteiger partial charge in [-0.15, -0.1) is 0 Å². The second-order valence-electron chi connectivity index (χ2n) is 5.25.